The van der Waals surface area contributed by atoms with E-state index in [4.69, 9.17) is 16.7 Å². The van der Waals surface area contributed by atoms with Crippen LogP contribution in [0, 0.1) is 5.92 Å². The fourth-order valence-corrected chi connectivity index (χ4v) is 3.27. The fourth-order valence-electron chi connectivity index (χ4n) is 3.07. The molecule has 23 heavy (non-hydrogen) atoms. The van der Waals surface area contributed by atoms with Gasteiger partial charge in [-0.05, 0) is 36.5 Å². The highest BCUT2D eigenvalue weighted by molar-refractivity contribution is 6.30. The van der Waals surface area contributed by atoms with Gasteiger partial charge in [-0.15, -0.1) is 0 Å². The van der Waals surface area contributed by atoms with Crippen molar-refractivity contribution in [2.75, 3.05) is 13.6 Å². The first-order chi connectivity index (χ1) is 11.0. The van der Waals surface area contributed by atoms with Crippen LogP contribution in [-0.2, 0) is 4.79 Å². The molecule has 2 amide bonds. The molecule has 2 N–H and O–H groups in total. The van der Waals surface area contributed by atoms with E-state index in [0.29, 0.717) is 10.9 Å². The molecular weight excluding hydrogens is 316 g/mol. The highest BCUT2D eigenvalue weighted by atomic mass is 35.5. The van der Waals surface area contributed by atoms with Crippen molar-refractivity contribution in [2.24, 2.45) is 5.92 Å². The third-order valence-electron chi connectivity index (χ3n) is 4.37. The molecule has 1 unspecified atom stereocenters. The maximum atomic E-state index is 12.4. The number of hydrogen-bond donors (Lipinski definition) is 2. The first kappa shape index (κ1) is 17.6. The van der Waals surface area contributed by atoms with Crippen molar-refractivity contribution in [3.63, 3.8) is 0 Å². The van der Waals surface area contributed by atoms with Gasteiger partial charge in [0.2, 0.25) is 0 Å². The number of carboxylic acid groups (broad SMARTS) is 1. The number of rotatable bonds is 6. The Bertz CT molecular complexity index is 559. The van der Waals surface area contributed by atoms with E-state index in [0.717, 1.165) is 18.4 Å². The molecule has 6 heteroatoms. The zero-order valence-corrected chi connectivity index (χ0v) is 14.1. The number of benzene rings is 1. The van der Waals surface area contributed by atoms with Gasteiger partial charge in [0.1, 0.15) is 0 Å². The highest BCUT2D eigenvalue weighted by Crippen LogP contribution is 2.36. The number of carboxylic acids is 1. The van der Waals surface area contributed by atoms with Crippen molar-refractivity contribution in [2.45, 2.75) is 38.1 Å². The Morgan fingerprint density at radius 2 is 2.09 bits per heavy atom. The van der Waals surface area contributed by atoms with Crippen molar-refractivity contribution >= 4 is 23.6 Å². The summed E-state index contributed by atoms with van der Waals surface area (Å²) in [6.07, 6.45) is 4.45. The van der Waals surface area contributed by atoms with Gasteiger partial charge in [-0.2, -0.15) is 0 Å². The number of hydrogen-bond acceptors (Lipinski definition) is 2. The molecule has 0 bridgehead atoms. The van der Waals surface area contributed by atoms with Crippen LogP contribution in [0.3, 0.4) is 0 Å². The Morgan fingerprint density at radius 3 is 2.70 bits per heavy atom. The third-order valence-corrected chi connectivity index (χ3v) is 4.60. The molecule has 1 atom stereocenters. The molecule has 0 heterocycles. The van der Waals surface area contributed by atoms with Crippen LogP contribution in [0.4, 0.5) is 4.79 Å². The minimum absolute atomic E-state index is 0.0603. The van der Waals surface area contributed by atoms with Crippen molar-refractivity contribution < 1.29 is 14.7 Å². The molecule has 1 aromatic carbocycles. The maximum Gasteiger partial charge on any atom is 0.317 e. The maximum absolute atomic E-state index is 12.4. The summed E-state index contributed by atoms with van der Waals surface area (Å²) in [6, 6.07) is 7.24. The van der Waals surface area contributed by atoms with Crippen LogP contribution in [0.25, 0.3) is 0 Å². The molecule has 2 rings (SSSR count). The van der Waals surface area contributed by atoms with Crippen LogP contribution in [0.15, 0.2) is 24.3 Å². The van der Waals surface area contributed by atoms with Gasteiger partial charge in [0.05, 0.1) is 12.5 Å². The average molecular weight is 339 g/mol. The van der Waals surface area contributed by atoms with Crippen LogP contribution >= 0.6 is 11.6 Å². The van der Waals surface area contributed by atoms with Crippen molar-refractivity contribution in [1.82, 2.24) is 10.2 Å². The van der Waals surface area contributed by atoms with E-state index in [-0.39, 0.29) is 25.0 Å². The summed E-state index contributed by atoms with van der Waals surface area (Å²) in [4.78, 5) is 24.4. The Kier molecular flexibility index (Phi) is 6.28. The van der Waals surface area contributed by atoms with Crippen molar-refractivity contribution in [3.05, 3.63) is 34.9 Å². The van der Waals surface area contributed by atoms with E-state index in [1.807, 2.05) is 24.3 Å². The van der Waals surface area contributed by atoms with Gasteiger partial charge < -0.3 is 15.3 Å². The monoisotopic (exact) mass is 338 g/mol. The molecule has 1 saturated carbocycles. The van der Waals surface area contributed by atoms with E-state index < -0.39 is 5.97 Å². The summed E-state index contributed by atoms with van der Waals surface area (Å²) in [5, 5.41) is 12.4. The molecule has 1 aliphatic rings. The second kappa shape index (κ2) is 8.20. The molecule has 1 aromatic rings. The van der Waals surface area contributed by atoms with Crippen molar-refractivity contribution in [3.8, 4) is 0 Å². The van der Waals surface area contributed by atoms with Gasteiger partial charge in [-0.25, -0.2) is 4.79 Å². The topological polar surface area (TPSA) is 69.6 Å². The number of halogens is 1. The summed E-state index contributed by atoms with van der Waals surface area (Å²) in [5.41, 5.74) is 1.00. The molecule has 0 spiro atoms. The molecule has 0 radical (unpaired) electrons. The lowest BCUT2D eigenvalue weighted by Crippen LogP contribution is -2.42. The minimum Gasteiger partial charge on any atom is -0.481 e. The van der Waals surface area contributed by atoms with Gasteiger partial charge in [0.15, 0.2) is 0 Å². The number of urea groups is 1. The lowest BCUT2D eigenvalue weighted by Gasteiger charge is -2.28. The molecule has 126 valence electrons. The van der Waals surface area contributed by atoms with E-state index in [1.165, 1.54) is 17.7 Å². The van der Waals surface area contributed by atoms with E-state index >= 15 is 0 Å². The zero-order chi connectivity index (χ0) is 16.8. The second-order valence-corrected chi connectivity index (χ2v) is 6.53. The summed E-state index contributed by atoms with van der Waals surface area (Å²) in [7, 11) is 1.61. The predicted molar refractivity (Wildman–Crippen MR) is 89.6 cm³/mol. The van der Waals surface area contributed by atoms with E-state index in [1.54, 1.807) is 7.05 Å². The first-order valence-corrected chi connectivity index (χ1v) is 8.34. The van der Waals surface area contributed by atoms with Crippen molar-refractivity contribution in [1.29, 1.82) is 0 Å². The molecule has 1 fully saturated rings. The SMILES string of the molecule is CN(CCC(=O)O)C(=O)NC(c1cccc(Cl)c1)C1CCCC1. The van der Waals surface area contributed by atoms with Gasteiger partial charge in [0.25, 0.3) is 0 Å². The van der Waals surface area contributed by atoms with Crippen LogP contribution in [0.2, 0.25) is 5.02 Å². The molecule has 0 aromatic heterocycles. The highest BCUT2D eigenvalue weighted by Gasteiger charge is 2.28. The number of amides is 2. The summed E-state index contributed by atoms with van der Waals surface area (Å²) < 4.78 is 0. The van der Waals surface area contributed by atoms with Crippen LogP contribution in [0.5, 0.6) is 0 Å². The van der Waals surface area contributed by atoms with Gasteiger partial charge in [-0.3, -0.25) is 4.79 Å². The van der Waals surface area contributed by atoms with Gasteiger partial charge in [0, 0.05) is 18.6 Å². The summed E-state index contributed by atoms with van der Waals surface area (Å²) in [6.45, 7) is 0.189. The number of nitrogens with one attached hydrogen (secondary N) is 1. The zero-order valence-electron chi connectivity index (χ0n) is 13.3. The smallest absolute Gasteiger partial charge is 0.317 e. The normalized spacial score (nSPS) is 16.1. The lowest BCUT2D eigenvalue weighted by atomic mass is 9.92. The molecule has 5 nitrogen and oxygen atoms in total. The number of carbonyl (C=O) groups is 2. The molecular formula is C17H23ClN2O3. The Labute approximate surface area is 141 Å². The second-order valence-electron chi connectivity index (χ2n) is 6.09. The largest absolute Gasteiger partial charge is 0.481 e. The van der Waals surface area contributed by atoms with E-state index in [9.17, 15) is 9.59 Å². The minimum atomic E-state index is -0.910. The predicted octanol–water partition coefficient (Wildman–Crippen LogP) is 3.69. The molecule has 0 aliphatic heterocycles. The van der Waals surface area contributed by atoms with Crippen LogP contribution in [-0.4, -0.2) is 35.6 Å². The summed E-state index contributed by atoms with van der Waals surface area (Å²) in [5.74, 6) is -0.517. The third kappa shape index (κ3) is 5.13. The lowest BCUT2D eigenvalue weighted by molar-refractivity contribution is -0.137. The first-order valence-electron chi connectivity index (χ1n) is 7.96. The fraction of sp³-hybridized carbons (Fsp3) is 0.529. The Balaban J connectivity index is 2.08. The quantitative estimate of drug-likeness (QED) is 0.831. The van der Waals surface area contributed by atoms with Gasteiger partial charge in [-0.1, -0.05) is 36.6 Å². The van der Waals surface area contributed by atoms with E-state index in [2.05, 4.69) is 5.32 Å². The number of nitrogens with zero attached hydrogens (tertiary/aromatic N) is 1. The van der Waals surface area contributed by atoms with Gasteiger partial charge >= 0.3 is 12.0 Å². The van der Waals surface area contributed by atoms with Crippen LogP contribution in [0.1, 0.15) is 43.7 Å². The molecule has 0 saturated heterocycles. The molecule has 1 aliphatic carbocycles. The standard InChI is InChI=1S/C17H23ClN2O3/c1-20(10-9-15(21)22)17(23)19-16(12-5-2-3-6-12)13-7-4-8-14(18)11-13/h4,7-8,11-12,16H,2-3,5-6,9-10H2,1H3,(H,19,23)(H,21,22). The summed E-state index contributed by atoms with van der Waals surface area (Å²) >= 11 is 6.09. The Hall–Kier alpha value is -1.75. The number of carbonyl (C=O) groups excluding carboxylic acids is 1. The average Bonchev–Trinajstić information content (AvgIpc) is 3.03. The Morgan fingerprint density at radius 1 is 1.39 bits per heavy atom. The number of aliphatic carboxylic acids is 1. The van der Waals surface area contributed by atoms with Crippen LogP contribution < -0.4 is 5.32 Å².